The quantitative estimate of drug-likeness (QED) is 0.0955. The Bertz CT molecular complexity index is 1130. The fraction of sp³-hybridized carbons (Fsp3) is 0.407. The van der Waals surface area contributed by atoms with Crippen LogP contribution in [0.3, 0.4) is 0 Å². The number of rotatable bonds is 16. The zero-order valence-corrected chi connectivity index (χ0v) is 22.8. The molecule has 40 heavy (non-hydrogen) atoms. The maximum Gasteiger partial charge on any atom is 0.326 e. The molecule has 10 N–H and O–H groups in total. The smallest absolute Gasteiger partial charge is 0.326 e. The third-order valence-electron chi connectivity index (χ3n) is 6.11. The first-order chi connectivity index (χ1) is 19.0. The van der Waals surface area contributed by atoms with E-state index in [2.05, 4.69) is 28.6 Å². The SMILES string of the molecule is NCCCCC(NC(=O)C(CS)NC(=O)C(Cc1ccc(O)cc1)NC(=O)C(N)Cc1ccc(O)cc1)C(=O)O. The third kappa shape index (κ3) is 10.8. The number of carbonyl (C=O) groups is 4. The first kappa shape index (κ1) is 32.4. The number of nitrogens with one attached hydrogen (secondary N) is 3. The minimum atomic E-state index is -1.21. The first-order valence-corrected chi connectivity index (χ1v) is 13.4. The third-order valence-corrected chi connectivity index (χ3v) is 6.48. The van der Waals surface area contributed by atoms with E-state index in [0.29, 0.717) is 30.5 Å². The van der Waals surface area contributed by atoms with Crippen LogP contribution < -0.4 is 27.4 Å². The molecule has 0 aromatic heterocycles. The number of nitrogens with two attached hydrogens (primary N) is 2. The average molecular weight is 576 g/mol. The van der Waals surface area contributed by atoms with Crippen molar-refractivity contribution in [1.82, 2.24) is 16.0 Å². The number of thiol groups is 1. The van der Waals surface area contributed by atoms with Crippen LogP contribution in [0.4, 0.5) is 0 Å². The molecule has 4 atom stereocenters. The lowest BCUT2D eigenvalue weighted by Crippen LogP contribution is -2.58. The summed E-state index contributed by atoms with van der Waals surface area (Å²) in [4.78, 5) is 50.6. The van der Waals surface area contributed by atoms with E-state index in [-0.39, 0.29) is 36.5 Å². The van der Waals surface area contributed by atoms with Crippen molar-refractivity contribution in [2.24, 2.45) is 11.5 Å². The van der Waals surface area contributed by atoms with Gasteiger partial charge in [-0.25, -0.2) is 4.79 Å². The minimum absolute atomic E-state index is 0.0154. The lowest BCUT2D eigenvalue weighted by Gasteiger charge is -2.24. The second kappa shape index (κ2) is 16.3. The van der Waals surface area contributed by atoms with Crippen LogP contribution in [0.15, 0.2) is 48.5 Å². The van der Waals surface area contributed by atoms with Gasteiger partial charge in [0.1, 0.15) is 29.6 Å². The number of hydrogen-bond acceptors (Lipinski definition) is 9. The van der Waals surface area contributed by atoms with Crippen LogP contribution >= 0.6 is 12.6 Å². The maximum atomic E-state index is 13.3. The number of carboxylic acids is 1. The fourth-order valence-corrected chi connectivity index (χ4v) is 4.08. The number of benzene rings is 2. The van der Waals surface area contributed by atoms with E-state index in [0.717, 1.165) is 0 Å². The monoisotopic (exact) mass is 575 g/mol. The number of carboxylic acid groups (broad SMARTS) is 1. The Morgan fingerprint density at radius 1 is 0.725 bits per heavy atom. The molecule has 0 heterocycles. The van der Waals surface area contributed by atoms with Crippen molar-refractivity contribution in [2.45, 2.75) is 56.3 Å². The molecule has 218 valence electrons. The van der Waals surface area contributed by atoms with Gasteiger partial charge in [0.15, 0.2) is 0 Å². The van der Waals surface area contributed by atoms with Gasteiger partial charge in [-0.15, -0.1) is 0 Å². The molecule has 0 fully saturated rings. The first-order valence-electron chi connectivity index (χ1n) is 12.8. The van der Waals surface area contributed by atoms with E-state index < -0.39 is 47.9 Å². The van der Waals surface area contributed by atoms with E-state index in [1.807, 2.05) is 0 Å². The van der Waals surface area contributed by atoms with Crippen molar-refractivity contribution < 1.29 is 34.5 Å². The highest BCUT2D eigenvalue weighted by molar-refractivity contribution is 7.80. The van der Waals surface area contributed by atoms with Gasteiger partial charge in [-0.2, -0.15) is 12.6 Å². The Morgan fingerprint density at radius 2 is 1.20 bits per heavy atom. The van der Waals surface area contributed by atoms with Gasteiger partial charge in [-0.1, -0.05) is 24.3 Å². The van der Waals surface area contributed by atoms with Crippen molar-refractivity contribution in [1.29, 1.82) is 0 Å². The van der Waals surface area contributed by atoms with Gasteiger partial charge in [0.25, 0.3) is 0 Å². The van der Waals surface area contributed by atoms with Gasteiger partial charge in [-0.3, -0.25) is 14.4 Å². The molecular weight excluding hydrogens is 538 g/mol. The molecule has 12 nitrogen and oxygen atoms in total. The Labute approximate surface area is 237 Å². The second-order valence-electron chi connectivity index (χ2n) is 9.34. The molecular formula is C27H37N5O7S. The summed E-state index contributed by atoms with van der Waals surface area (Å²) in [6.45, 7) is 0.391. The van der Waals surface area contributed by atoms with Gasteiger partial charge >= 0.3 is 5.97 Å². The lowest BCUT2D eigenvalue weighted by molar-refractivity contribution is -0.142. The topological polar surface area (TPSA) is 217 Å². The molecule has 13 heteroatoms. The molecule has 4 unspecified atom stereocenters. The molecule has 0 bridgehead atoms. The number of hydrogen-bond donors (Lipinski definition) is 9. The molecule has 2 aromatic carbocycles. The fourth-order valence-electron chi connectivity index (χ4n) is 3.82. The largest absolute Gasteiger partial charge is 0.508 e. The van der Waals surface area contributed by atoms with Crippen LogP contribution in [0.25, 0.3) is 0 Å². The molecule has 0 aliphatic rings. The lowest BCUT2D eigenvalue weighted by atomic mass is 10.0. The van der Waals surface area contributed by atoms with Gasteiger partial charge in [0.05, 0.1) is 6.04 Å². The van der Waals surface area contributed by atoms with Crippen LogP contribution in [-0.2, 0) is 32.0 Å². The van der Waals surface area contributed by atoms with E-state index in [4.69, 9.17) is 11.5 Å². The predicted molar refractivity (Wildman–Crippen MR) is 152 cm³/mol. The Hall–Kier alpha value is -3.81. The summed E-state index contributed by atoms with van der Waals surface area (Å²) in [6.07, 6.45) is 1.42. The van der Waals surface area contributed by atoms with E-state index >= 15 is 0 Å². The van der Waals surface area contributed by atoms with Crippen LogP contribution in [0.2, 0.25) is 0 Å². The van der Waals surface area contributed by atoms with Crippen molar-refractivity contribution in [2.75, 3.05) is 12.3 Å². The van der Waals surface area contributed by atoms with Crippen LogP contribution in [-0.4, -0.2) is 75.5 Å². The minimum Gasteiger partial charge on any atom is -0.508 e. The van der Waals surface area contributed by atoms with E-state index in [9.17, 15) is 34.5 Å². The molecule has 0 aliphatic heterocycles. The van der Waals surface area contributed by atoms with Crippen molar-refractivity contribution in [3.63, 3.8) is 0 Å². The number of aromatic hydroxyl groups is 2. The van der Waals surface area contributed by atoms with Gasteiger partial charge in [0, 0.05) is 12.2 Å². The number of carbonyl (C=O) groups excluding carboxylic acids is 3. The summed E-state index contributed by atoms with van der Waals surface area (Å²) >= 11 is 4.14. The van der Waals surface area contributed by atoms with Crippen molar-refractivity contribution in [3.05, 3.63) is 59.7 Å². The number of phenolic OH excluding ortho intramolecular Hbond substituents is 2. The standard InChI is InChI=1S/C27H37N5O7S/c28-12-2-1-3-21(27(38)39)30-26(37)23(15-40)32-25(36)22(14-17-6-10-19(34)11-7-17)31-24(35)20(29)13-16-4-8-18(33)9-5-16/h4-11,20-23,33-34,40H,1-3,12-15,28-29H2,(H,30,37)(H,31,35)(H,32,36)(H,38,39). The van der Waals surface area contributed by atoms with Crippen molar-refractivity contribution in [3.8, 4) is 11.5 Å². The van der Waals surface area contributed by atoms with Crippen molar-refractivity contribution >= 4 is 36.3 Å². The zero-order chi connectivity index (χ0) is 29.7. The summed E-state index contributed by atoms with van der Waals surface area (Å²) in [5.74, 6) is -3.31. The molecule has 0 saturated carbocycles. The molecule has 0 spiro atoms. The number of phenols is 2. The molecule has 2 aromatic rings. The number of amides is 3. The molecule has 3 amide bonds. The highest BCUT2D eigenvalue weighted by Gasteiger charge is 2.30. The van der Waals surface area contributed by atoms with Crippen LogP contribution in [0, 0.1) is 0 Å². The van der Waals surface area contributed by atoms with E-state index in [1.165, 1.54) is 24.3 Å². The Kier molecular flexibility index (Phi) is 13.2. The summed E-state index contributed by atoms with van der Waals surface area (Å²) in [7, 11) is 0. The summed E-state index contributed by atoms with van der Waals surface area (Å²) < 4.78 is 0. The predicted octanol–water partition coefficient (Wildman–Crippen LogP) is -0.192. The van der Waals surface area contributed by atoms with Gasteiger partial charge < -0.3 is 42.7 Å². The van der Waals surface area contributed by atoms with Crippen LogP contribution in [0.1, 0.15) is 30.4 Å². The highest BCUT2D eigenvalue weighted by Crippen LogP contribution is 2.13. The summed E-state index contributed by atoms with van der Waals surface area (Å²) in [6, 6.07) is 7.70. The molecule has 0 saturated heterocycles. The summed E-state index contributed by atoms with van der Waals surface area (Å²) in [5.41, 5.74) is 12.8. The Morgan fingerprint density at radius 3 is 1.70 bits per heavy atom. The summed E-state index contributed by atoms with van der Waals surface area (Å²) in [5, 5.41) is 36.1. The Balaban J connectivity index is 2.14. The maximum absolute atomic E-state index is 13.3. The zero-order valence-electron chi connectivity index (χ0n) is 22.0. The average Bonchev–Trinajstić information content (AvgIpc) is 2.92. The second-order valence-corrected chi connectivity index (χ2v) is 9.70. The highest BCUT2D eigenvalue weighted by atomic mass is 32.1. The molecule has 2 rings (SSSR count). The van der Waals surface area contributed by atoms with Gasteiger partial charge in [-0.05, 0) is 67.6 Å². The molecule has 0 radical (unpaired) electrons. The van der Waals surface area contributed by atoms with Gasteiger partial charge in [0.2, 0.25) is 17.7 Å². The normalized spacial score (nSPS) is 13.9. The number of unbranched alkanes of at least 4 members (excludes halogenated alkanes) is 1. The number of aliphatic carboxylic acids is 1. The molecule has 0 aliphatic carbocycles. The van der Waals surface area contributed by atoms with E-state index in [1.54, 1.807) is 24.3 Å². The van der Waals surface area contributed by atoms with Crippen LogP contribution in [0.5, 0.6) is 11.5 Å².